The summed E-state index contributed by atoms with van der Waals surface area (Å²) < 4.78 is 0.865. The molecular weight excluding hydrogens is 296 g/mol. The molecule has 1 atom stereocenters. The molecule has 0 radical (unpaired) electrons. The maximum absolute atomic E-state index is 11.3. The number of anilines is 1. The third-order valence-corrected chi connectivity index (χ3v) is 4.20. The van der Waals surface area contributed by atoms with Crippen LogP contribution in [0.15, 0.2) is 4.21 Å². The fraction of sp³-hybridized carbons (Fsp3) is 0.444. The van der Waals surface area contributed by atoms with Crippen molar-refractivity contribution in [3.05, 3.63) is 5.69 Å². The first-order valence-corrected chi connectivity index (χ1v) is 6.65. The van der Waals surface area contributed by atoms with E-state index in [1.165, 1.54) is 23.1 Å². The molecule has 0 aromatic carbocycles. The summed E-state index contributed by atoms with van der Waals surface area (Å²) in [6.45, 7) is 3.40. The molecule has 0 fully saturated rings. The predicted molar refractivity (Wildman–Crippen MR) is 76.3 cm³/mol. The van der Waals surface area contributed by atoms with E-state index in [9.17, 15) is 9.59 Å². The van der Waals surface area contributed by atoms with Gasteiger partial charge in [-0.1, -0.05) is 11.3 Å². The molecule has 5 N–H and O–H groups in total. The number of primary amides is 1. The molecule has 0 saturated carbocycles. The Hall–Kier alpha value is -0.830. The van der Waals surface area contributed by atoms with Gasteiger partial charge in [-0.2, -0.15) is 0 Å². The molecule has 0 aliphatic rings. The van der Waals surface area contributed by atoms with E-state index >= 15 is 0 Å². The van der Waals surface area contributed by atoms with Gasteiger partial charge in [-0.3, -0.25) is 9.59 Å². The second-order valence-corrected chi connectivity index (χ2v) is 5.67. The van der Waals surface area contributed by atoms with Crippen molar-refractivity contribution in [2.24, 2.45) is 11.5 Å². The van der Waals surface area contributed by atoms with Gasteiger partial charge in [0.25, 0.3) is 0 Å². The van der Waals surface area contributed by atoms with Gasteiger partial charge in [0.15, 0.2) is 5.13 Å². The largest absolute Gasteiger partial charge is 0.369 e. The number of nitrogens with zero attached hydrogens (tertiary/aromatic N) is 1. The molecule has 18 heavy (non-hydrogen) atoms. The molecule has 0 aliphatic heterocycles. The highest BCUT2D eigenvalue weighted by Crippen LogP contribution is 2.31. The van der Waals surface area contributed by atoms with Gasteiger partial charge < -0.3 is 16.8 Å². The minimum absolute atomic E-state index is 0. The quantitative estimate of drug-likeness (QED) is 0.694. The Kier molecular flexibility index (Phi) is 7.22. The summed E-state index contributed by atoms with van der Waals surface area (Å²) in [4.78, 5) is 26.2. The van der Waals surface area contributed by atoms with Gasteiger partial charge in [-0.05, 0) is 13.8 Å². The lowest BCUT2D eigenvalue weighted by atomic mass is 10.3. The van der Waals surface area contributed by atoms with Crippen molar-refractivity contribution in [3.8, 4) is 0 Å². The molecule has 9 heteroatoms. The lowest BCUT2D eigenvalue weighted by Gasteiger charge is -2.03. The number of rotatable bonds is 5. The van der Waals surface area contributed by atoms with Gasteiger partial charge in [-0.15, -0.1) is 24.2 Å². The van der Waals surface area contributed by atoms with Crippen LogP contribution in [0.5, 0.6) is 0 Å². The number of amides is 2. The van der Waals surface area contributed by atoms with Gasteiger partial charge >= 0.3 is 0 Å². The highest BCUT2D eigenvalue weighted by Gasteiger charge is 2.13. The van der Waals surface area contributed by atoms with Crippen LogP contribution in [-0.4, -0.2) is 28.6 Å². The van der Waals surface area contributed by atoms with Crippen molar-refractivity contribution in [2.45, 2.75) is 24.1 Å². The average molecular weight is 311 g/mol. The first-order valence-electron chi connectivity index (χ1n) is 4.85. The summed E-state index contributed by atoms with van der Waals surface area (Å²) in [7, 11) is 0. The molecule has 2 amide bonds. The van der Waals surface area contributed by atoms with Crippen molar-refractivity contribution < 1.29 is 9.59 Å². The van der Waals surface area contributed by atoms with E-state index < -0.39 is 6.04 Å². The SMILES string of the molecule is Cc1nc(NC(=O)[C@@H](C)N)sc1SCC(N)=O.Cl. The Morgan fingerprint density at radius 2 is 2.17 bits per heavy atom. The van der Waals surface area contributed by atoms with Gasteiger partial charge in [-0.25, -0.2) is 4.98 Å². The molecule has 0 bridgehead atoms. The minimum atomic E-state index is -0.582. The Morgan fingerprint density at radius 3 is 2.67 bits per heavy atom. The summed E-state index contributed by atoms with van der Waals surface area (Å²) in [5.74, 6) is -0.474. The number of hydrogen-bond donors (Lipinski definition) is 3. The Morgan fingerprint density at radius 1 is 1.56 bits per heavy atom. The summed E-state index contributed by atoms with van der Waals surface area (Å²) in [6.07, 6.45) is 0. The Balaban J connectivity index is 0.00000289. The molecule has 102 valence electrons. The van der Waals surface area contributed by atoms with Crippen LogP contribution in [0.3, 0.4) is 0 Å². The van der Waals surface area contributed by atoms with Crippen LogP contribution in [0.25, 0.3) is 0 Å². The van der Waals surface area contributed by atoms with Crippen LogP contribution in [0, 0.1) is 6.92 Å². The third kappa shape index (κ3) is 5.21. The zero-order valence-electron chi connectivity index (χ0n) is 9.93. The first-order chi connectivity index (χ1) is 7.90. The monoisotopic (exact) mass is 310 g/mol. The predicted octanol–water partition coefficient (Wildman–Crippen LogP) is 0.736. The highest BCUT2D eigenvalue weighted by molar-refractivity contribution is 8.01. The molecule has 1 heterocycles. The first kappa shape index (κ1) is 17.2. The van der Waals surface area contributed by atoms with Gasteiger partial charge in [0.1, 0.15) is 0 Å². The van der Waals surface area contributed by atoms with Crippen molar-refractivity contribution >= 4 is 52.5 Å². The number of nitrogens with one attached hydrogen (secondary N) is 1. The van der Waals surface area contributed by atoms with Crippen molar-refractivity contribution in [1.82, 2.24) is 4.98 Å². The average Bonchev–Trinajstić information content (AvgIpc) is 2.55. The van der Waals surface area contributed by atoms with E-state index in [1.54, 1.807) is 13.8 Å². The topological polar surface area (TPSA) is 111 Å². The lowest BCUT2D eigenvalue weighted by molar-refractivity contribution is -0.117. The van der Waals surface area contributed by atoms with Crippen LogP contribution in [-0.2, 0) is 9.59 Å². The van der Waals surface area contributed by atoms with E-state index in [-0.39, 0.29) is 30.0 Å². The van der Waals surface area contributed by atoms with Crippen LogP contribution in [0.1, 0.15) is 12.6 Å². The molecule has 0 spiro atoms. The number of nitrogens with two attached hydrogens (primary N) is 2. The fourth-order valence-electron chi connectivity index (χ4n) is 0.926. The van der Waals surface area contributed by atoms with Crippen LogP contribution in [0.2, 0.25) is 0 Å². The number of aromatic nitrogens is 1. The molecule has 1 aromatic heterocycles. The van der Waals surface area contributed by atoms with E-state index in [1.807, 2.05) is 0 Å². The van der Waals surface area contributed by atoms with Crippen LogP contribution < -0.4 is 16.8 Å². The van der Waals surface area contributed by atoms with Crippen LogP contribution in [0.4, 0.5) is 5.13 Å². The third-order valence-electron chi connectivity index (χ3n) is 1.74. The second-order valence-electron chi connectivity index (χ2n) is 3.42. The number of thiazole rings is 1. The fourth-order valence-corrected chi connectivity index (χ4v) is 2.81. The number of aryl methyl sites for hydroxylation is 1. The molecule has 1 aromatic rings. The summed E-state index contributed by atoms with van der Waals surface area (Å²) in [6, 6.07) is -0.582. The number of carbonyl (C=O) groups is 2. The highest BCUT2D eigenvalue weighted by atomic mass is 35.5. The van der Waals surface area contributed by atoms with Crippen molar-refractivity contribution in [2.75, 3.05) is 11.1 Å². The molecule has 1 rings (SSSR count). The maximum Gasteiger partial charge on any atom is 0.242 e. The zero-order chi connectivity index (χ0) is 13.0. The molecular formula is C9H15ClN4O2S2. The van der Waals surface area contributed by atoms with Crippen molar-refractivity contribution in [3.63, 3.8) is 0 Å². The second kappa shape index (κ2) is 7.57. The molecule has 0 unspecified atom stereocenters. The summed E-state index contributed by atoms with van der Waals surface area (Å²) in [5, 5.41) is 3.09. The standard InChI is InChI=1S/C9H14N4O2S2.ClH/c1-4(10)7(15)13-9-12-5(2)8(17-9)16-3-6(11)14;/h4H,3,10H2,1-2H3,(H2,11,14)(H,12,13,15);1H/t4-;/m1./s1. The van der Waals surface area contributed by atoms with Gasteiger partial charge in [0.2, 0.25) is 11.8 Å². The smallest absolute Gasteiger partial charge is 0.242 e. The van der Waals surface area contributed by atoms with Gasteiger partial charge in [0, 0.05) is 0 Å². The maximum atomic E-state index is 11.3. The Bertz CT molecular complexity index is 436. The molecule has 0 aliphatic carbocycles. The zero-order valence-corrected chi connectivity index (χ0v) is 12.4. The van der Waals surface area contributed by atoms with Crippen LogP contribution >= 0.6 is 35.5 Å². The van der Waals surface area contributed by atoms with Gasteiger partial charge in [0.05, 0.1) is 21.7 Å². The lowest BCUT2D eigenvalue weighted by Crippen LogP contribution is -2.32. The van der Waals surface area contributed by atoms with E-state index in [0.717, 1.165) is 9.90 Å². The number of carbonyl (C=O) groups excluding carboxylic acids is 2. The summed E-state index contributed by atoms with van der Waals surface area (Å²) in [5.41, 5.74) is 11.2. The number of thioether (sulfide) groups is 1. The number of hydrogen-bond acceptors (Lipinski definition) is 6. The summed E-state index contributed by atoms with van der Waals surface area (Å²) >= 11 is 2.61. The molecule has 0 saturated heterocycles. The van der Waals surface area contributed by atoms with E-state index in [0.29, 0.717) is 5.13 Å². The normalized spacial score (nSPS) is 11.5. The van der Waals surface area contributed by atoms with E-state index in [2.05, 4.69) is 10.3 Å². The molecule has 6 nitrogen and oxygen atoms in total. The minimum Gasteiger partial charge on any atom is -0.369 e. The van der Waals surface area contributed by atoms with E-state index in [4.69, 9.17) is 11.5 Å². The van der Waals surface area contributed by atoms with Crippen molar-refractivity contribution in [1.29, 1.82) is 0 Å². The number of halogens is 1. The Labute approximate surface area is 119 Å².